The predicted molar refractivity (Wildman–Crippen MR) is 314 cm³/mol. The summed E-state index contributed by atoms with van der Waals surface area (Å²) in [5, 5.41) is 3.17. The van der Waals surface area contributed by atoms with E-state index < -0.39 is 17.4 Å². The van der Waals surface area contributed by atoms with Crippen LogP contribution in [0.4, 0.5) is 0 Å². The Morgan fingerprint density at radius 2 is 0.747 bits per heavy atom. The highest BCUT2D eigenvalue weighted by Gasteiger charge is 2.42. The average molecular weight is 1050 g/mol. The third kappa shape index (κ3) is 13.8. The molecule has 0 saturated heterocycles. The van der Waals surface area contributed by atoms with E-state index in [9.17, 15) is 9.59 Å². The first-order chi connectivity index (χ1) is 38.8. The minimum Gasteiger partial charge on any atom is -0.494 e. The van der Waals surface area contributed by atoms with Gasteiger partial charge in [0.25, 0.3) is 0 Å². The van der Waals surface area contributed by atoms with Crippen LogP contribution in [0.1, 0.15) is 145 Å². The quantitative estimate of drug-likeness (QED) is 0.0323. The zero-order valence-corrected chi connectivity index (χ0v) is 45.5. The third-order valence-electron chi connectivity index (χ3n) is 14.8. The van der Waals surface area contributed by atoms with Gasteiger partial charge >= 0.3 is 11.9 Å². The average Bonchev–Trinajstić information content (AvgIpc) is 3.68. The molecule has 0 radical (unpaired) electrons. The molecule has 0 atom stereocenters. The van der Waals surface area contributed by atoms with Crippen LogP contribution in [0.3, 0.4) is 0 Å². The van der Waals surface area contributed by atoms with Crippen LogP contribution in [0.2, 0.25) is 0 Å². The van der Waals surface area contributed by atoms with Crippen molar-refractivity contribution in [2.24, 2.45) is 5.41 Å². The number of hydrogen-bond acceptors (Lipinski definition) is 8. The number of unbranched alkanes of at least 4 members (excludes halogenated alkanes) is 10. The summed E-state index contributed by atoms with van der Waals surface area (Å²) < 4.78 is 37.3. The fourth-order valence-corrected chi connectivity index (χ4v) is 10.6. The van der Waals surface area contributed by atoms with Gasteiger partial charge in [0.1, 0.15) is 34.5 Å². The molecular formula is C71H68O8. The van der Waals surface area contributed by atoms with E-state index in [1.807, 2.05) is 133 Å². The number of rotatable bonds is 20. The molecule has 0 bridgehead atoms. The molecule has 8 heteroatoms. The zero-order chi connectivity index (χ0) is 54.2. The second-order valence-electron chi connectivity index (χ2n) is 21.0. The van der Waals surface area contributed by atoms with Crippen LogP contribution < -0.4 is 28.4 Å². The van der Waals surface area contributed by atoms with Crippen molar-refractivity contribution in [3.8, 4) is 58.2 Å². The zero-order valence-electron chi connectivity index (χ0n) is 45.5. The molecule has 2 heterocycles. The van der Waals surface area contributed by atoms with Gasteiger partial charge in [-0.1, -0.05) is 150 Å². The molecule has 400 valence electrons. The molecule has 0 aliphatic carbocycles. The Balaban J connectivity index is 0.781. The van der Waals surface area contributed by atoms with E-state index in [1.54, 1.807) is 24.3 Å². The Morgan fingerprint density at radius 1 is 0.418 bits per heavy atom. The Kier molecular flexibility index (Phi) is 17.9. The fourth-order valence-electron chi connectivity index (χ4n) is 10.6. The van der Waals surface area contributed by atoms with Gasteiger partial charge in [-0.25, -0.2) is 9.59 Å². The van der Waals surface area contributed by atoms with Crippen molar-refractivity contribution in [2.45, 2.75) is 104 Å². The molecule has 8 aromatic rings. The lowest BCUT2D eigenvalue weighted by molar-refractivity contribution is 0.0496. The Labute approximate surface area is 465 Å². The molecule has 10 rings (SSSR count). The predicted octanol–water partition coefficient (Wildman–Crippen LogP) is 16.3. The Hall–Kier alpha value is -8.46. The molecule has 0 N–H and O–H groups in total. The van der Waals surface area contributed by atoms with E-state index in [1.165, 1.54) is 64.2 Å². The van der Waals surface area contributed by atoms with Crippen molar-refractivity contribution in [3.05, 3.63) is 202 Å². The molecule has 2 aliphatic heterocycles. The van der Waals surface area contributed by atoms with Crippen molar-refractivity contribution in [1.82, 2.24) is 0 Å². The standard InChI is InChI=1S/C71H68O8/c1-3-5-7-9-11-17-43-74-57-35-27-51(28-36-57)23-25-53-31-39-59(40-32-53)78-69(72)65-45-55-47-71(49-76-67(55)63-21-15-13-19-61(63)65)48-56-46-66(62-20-14-16-22-64(62)68(56)77-50-71)70(73)79-60-41-33-54(34-42-60)26-24-52-29-37-58(38-30-52)75-44-18-12-10-8-6-4-2/h13-16,19-22,27-42,45-46H,3-12,17-18,43-44,47-50H2,1-2H3. The highest BCUT2D eigenvalue weighted by atomic mass is 16.5. The first-order valence-corrected chi connectivity index (χ1v) is 28.3. The summed E-state index contributed by atoms with van der Waals surface area (Å²) in [6.45, 7) is 6.70. The van der Waals surface area contributed by atoms with Crippen LogP contribution in [0.5, 0.6) is 34.5 Å². The first-order valence-electron chi connectivity index (χ1n) is 28.3. The summed E-state index contributed by atoms with van der Waals surface area (Å²) in [5.74, 6) is 16.0. The maximum absolute atomic E-state index is 14.1. The number of hydrogen-bond donors (Lipinski definition) is 0. The summed E-state index contributed by atoms with van der Waals surface area (Å²) in [6, 6.07) is 49.6. The monoisotopic (exact) mass is 1050 g/mol. The molecule has 0 amide bonds. The van der Waals surface area contributed by atoms with E-state index in [2.05, 4.69) is 37.5 Å². The van der Waals surface area contributed by atoms with Crippen LogP contribution in [0.15, 0.2) is 158 Å². The molecule has 0 aromatic heterocycles. The lowest BCUT2D eigenvalue weighted by Gasteiger charge is -2.42. The van der Waals surface area contributed by atoms with Gasteiger partial charge in [-0.05, 0) is 157 Å². The second kappa shape index (κ2) is 26.3. The molecule has 0 unspecified atom stereocenters. The molecule has 2 aliphatic rings. The summed E-state index contributed by atoms with van der Waals surface area (Å²) in [7, 11) is 0. The van der Waals surface area contributed by atoms with Crippen LogP contribution >= 0.6 is 0 Å². The number of carbonyl (C=O) groups excluding carboxylic acids is 2. The molecule has 79 heavy (non-hydrogen) atoms. The molecule has 8 aromatic carbocycles. The van der Waals surface area contributed by atoms with Gasteiger partial charge in [0, 0.05) is 38.4 Å². The van der Waals surface area contributed by atoms with Gasteiger partial charge in [-0.2, -0.15) is 0 Å². The normalized spacial score (nSPS) is 12.9. The van der Waals surface area contributed by atoms with Crippen molar-refractivity contribution in [3.63, 3.8) is 0 Å². The highest BCUT2D eigenvalue weighted by molar-refractivity contribution is 6.09. The smallest absolute Gasteiger partial charge is 0.344 e. The first kappa shape index (κ1) is 53.9. The molecule has 8 nitrogen and oxygen atoms in total. The summed E-state index contributed by atoms with van der Waals surface area (Å²) in [5.41, 5.74) is 5.57. The molecule has 0 fully saturated rings. The van der Waals surface area contributed by atoms with E-state index in [-0.39, 0.29) is 0 Å². The SMILES string of the molecule is CCCCCCCCOc1ccc(C#Cc2ccc(OC(=O)c3cc4c(c5ccccc35)OCC3(COc5c(cc(C(=O)Oc6ccc(C#Cc7ccc(OCCCCCCCC)cc7)cc6)c6ccccc56)C3)C4)cc2)cc1. The van der Waals surface area contributed by atoms with Gasteiger partial charge in [0.2, 0.25) is 0 Å². The van der Waals surface area contributed by atoms with Crippen LogP contribution in [-0.2, 0) is 12.8 Å². The number of fused-ring (bicyclic) bond motifs is 6. The van der Waals surface area contributed by atoms with Crippen LogP contribution in [-0.4, -0.2) is 38.4 Å². The fraction of sp³-hybridized carbons (Fsp3) is 0.296. The van der Waals surface area contributed by atoms with Crippen molar-refractivity contribution < 1.29 is 38.0 Å². The maximum Gasteiger partial charge on any atom is 0.344 e. The van der Waals surface area contributed by atoms with Gasteiger partial charge in [0.05, 0.1) is 37.6 Å². The summed E-state index contributed by atoms with van der Waals surface area (Å²) in [6.07, 6.45) is 15.9. The van der Waals surface area contributed by atoms with Crippen LogP contribution in [0.25, 0.3) is 21.5 Å². The van der Waals surface area contributed by atoms with Gasteiger partial charge in [-0.15, -0.1) is 0 Å². The Bertz CT molecular complexity index is 3280. The minimum absolute atomic E-state index is 0.391. The number of carbonyl (C=O) groups is 2. The highest BCUT2D eigenvalue weighted by Crippen LogP contribution is 2.47. The second-order valence-corrected chi connectivity index (χ2v) is 21.0. The lowest BCUT2D eigenvalue weighted by Crippen LogP contribution is -2.44. The molecule has 0 saturated carbocycles. The van der Waals surface area contributed by atoms with Gasteiger partial charge in [0.15, 0.2) is 0 Å². The number of ether oxygens (including phenoxy) is 6. The van der Waals surface area contributed by atoms with Gasteiger partial charge < -0.3 is 28.4 Å². The summed E-state index contributed by atoms with van der Waals surface area (Å²) >= 11 is 0. The number of benzene rings is 8. The topological polar surface area (TPSA) is 89.5 Å². The Morgan fingerprint density at radius 3 is 1.11 bits per heavy atom. The lowest BCUT2D eigenvalue weighted by atomic mass is 9.73. The van der Waals surface area contributed by atoms with Crippen molar-refractivity contribution in [1.29, 1.82) is 0 Å². The summed E-state index contributed by atoms with van der Waals surface area (Å²) in [4.78, 5) is 28.3. The largest absolute Gasteiger partial charge is 0.494 e. The minimum atomic E-state index is -0.479. The van der Waals surface area contributed by atoms with E-state index in [4.69, 9.17) is 28.4 Å². The number of esters is 2. The molecule has 1 spiro atoms. The van der Waals surface area contributed by atoms with Crippen molar-refractivity contribution >= 4 is 33.5 Å². The van der Waals surface area contributed by atoms with Crippen molar-refractivity contribution in [2.75, 3.05) is 26.4 Å². The molecular weight excluding hydrogens is 981 g/mol. The maximum atomic E-state index is 14.1. The van der Waals surface area contributed by atoms with E-state index >= 15 is 0 Å². The van der Waals surface area contributed by atoms with E-state index in [0.717, 1.165) is 104 Å². The van der Waals surface area contributed by atoms with Gasteiger partial charge in [-0.3, -0.25) is 0 Å². The third-order valence-corrected chi connectivity index (χ3v) is 14.8. The van der Waals surface area contributed by atoms with Crippen LogP contribution in [0, 0.1) is 29.1 Å². The van der Waals surface area contributed by atoms with E-state index in [0.29, 0.717) is 48.7 Å².